The smallest absolute Gasteiger partial charge is 0.333 e. The molecule has 14 rings (SSSR count). The Morgan fingerprint density at radius 3 is 2.00 bits per heavy atom. The van der Waals surface area contributed by atoms with Gasteiger partial charge >= 0.3 is 6.85 Å². The average Bonchev–Trinajstić information content (AvgIpc) is 3.90. The Bertz CT molecular complexity index is 3640. The van der Waals surface area contributed by atoms with Gasteiger partial charge in [0.2, 0.25) is 0 Å². The Kier molecular flexibility index (Phi) is 6.68. The molecule has 0 saturated carbocycles. The first kappa shape index (κ1) is 34.0. The highest BCUT2D eigenvalue weighted by atomic mass is 16.3. The molecule has 3 aliphatic rings. The van der Waals surface area contributed by atoms with Gasteiger partial charge in [-0.2, -0.15) is 0 Å². The number of benzene rings is 9. The first-order valence-corrected chi connectivity index (χ1v) is 21.6. The van der Waals surface area contributed by atoms with Crippen molar-refractivity contribution in [3.63, 3.8) is 0 Å². The van der Waals surface area contributed by atoms with Crippen LogP contribution in [0.4, 0.5) is 28.4 Å². The highest BCUT2D eigenvalue weighted by molar-refractivity contribution is 6.94. The van der Waals surface area contributed by atoms with Crippen molar-refractivity contribution in [2.24, 2.45) is 0 Å². The maximum atomic E-state index is 6.83. The summed E-state index contributed by atoms with van der Waals surface area (Å²) in [5, 5.41) is 6.17. The SMILES string of the molecule is CC1(C)c2ccccc2N2B3c4cc5oc(-c6ccccc6)cc5cc4-n4c5ccc(N(c6ccccc6)c6ccccc6)cc5c5c6ccccc6c(c3c54)-c3cccc1c32. The van der Waals surface area contributed by atoms with Crippen LogP contribution in [0.2, 0.25) is 0 Å². The summed E-state index contributed by atoms with van der Waals surface area (Å²) in [4.78, 5) is 5.07. The van der Waals surface area contributed by atoms with Gasteiger partial charge in [-0.3, -0.25) is 0 Å². The molecule has 5 heterocycles. The molecular weight excluding hydrogens is 753 g/mol. The molecule has 0 fully saturated rings. The van der Waals surface area contributed by atoms with E-state index in [1.54, 1.807) is 0 Å². The van der Waals surface area contributed by atoms with Crippen molar-refractivity contribution in [1.29, 1.82) is 0 Å². The Hall–Kier alpha value is -7.76. The second-order valence-corrected chi connectivity index (χ2v) is 17.6. The molecule has 0 radical (unpaired) electrons. The number of furan rings is 1. The molecule has 0 N–H and O–H groups in total. The molecular formula is C57H38BN3O. The number of hydrogen-bond donors (Lipinski definition) is 0. The quantitative estimate of drug-likeness (QED) is 0.166. The summed E-state index contributed by atoms with van der Waals surface area (Å²) >= 11 is 0. The molecule has 0 atom stereocenters. The Morgan fingerprint density at radius 1 is 0.548 bits per heavy atom. The van der Waals surface area contributed by atoms with Crippen molar-refractivity contribution >= 4 is 89.8 Å². The van der Waals surface area contributed by atoms with E-state index in [-0.39, 0.29) is 12.3 Å². The summed E-state index contributed by atoms with van der Waals surface area (Å²) < 4.78 is 9.42. The Balaban J connectivity index is 1.16. The molecule has 4 nitrogen and oxygen atoms in total. The van der Waals surface area contributed by atoms with Crippen LogP contribution in [0.3, 0.4) is 0 Å². The van der Waals surface area contributed by atoms with Crippen LogP contribution in [-0.4, -0.2) is 11.4 Å². The highest BCUT2D eigenvalue weighted by Gasteiger charge is 2.50. The van der Waals surface area contributed by atoms with E-state index in [0.29, 0.717) is 0 Å². The number of aromatic nitrogens is 1. The molecule has 11 aromatic rings. The summed E-state index contributed by atoms with van der Waals surface area (Å²) in [5.41, 5.74) is 19.3. The van der Waals surface area contributed by atoms with Crippen LogP contribution in [0.5, 0.6) is 0 Å². The molecule has 62 heavy (non-hydrogen) atoms. The summed E-state index contributed by atoms with van der Waals surface area (Å²) in [6.45, 7) is 4.67. The van der Waals surface area contributed by atoms with Gasteiger partial charge in [0, 0.05) is 66.8 Å². The van der Waals surface area contributed by atoms with Gasteiger partial charge in [-0.15, -0.1) is 0 Å². The standard InChI is InChI=1S/C57H38BN3O/c1-57(2)44-26-14-15-28-48(44)61-55-42(25-16-27-45(55)57)52-40-23-12-13-24-41(40)53-43-33-39(59(37-19-8-4-9-20-37)38-21-10-5-11-22-38)29-30-47(43)60-49-31-36-32-50(35-17-6-3-7-18-35)62-51(36)34-46(49)58(61)54(52)56(53)60/h3-34H,1-2H3. The van der Waals surface area contributed by atoms with Gasteiger partial charge in [-0.1, -0.05) is 141 Å². The molecule has 0 spiro atoms. The second-order valence-electron chi connectivity index (χ2n) is 17.6. The number of anilines is 5. The molecule has 0 aliphatic carbocycles. The third kappa shape index (κ3) is 4.37. The molecule has 2 aromatic heterocycles. The first-order valence-electron chi connectivity index (χ1n) is 21.6. The van der Waals surface area contributed by atoms with E-state index >= 15 is 0 Å². The predicted octanol–water partition coefficient (Wildman–Crippen LogP) is 13.7. The predicted molar refractivity (Wildman–Crippen MR) is 259 cm³/mol. The molecule has 9 aromatic carbocycles. The topological polar surface area (TPSA) is 24.6 Å². The van der Waals surface area contributed by atoms with Crippen LogP contribution in [0.25, 0.3) is 71.7 Å². The van der Waals surface area contributed by atoms with Crippen LogP contribution in [-0.2, 0) is 5.41 Å². The number of hydrogen-bond acceptors (Lipinski definition) is 3. The monoisotopic (exact) mass is 791 g/mol. The molecule has 0 amide bonds. The highest BCUT2D eigenvalue weighted by Crippen LogP contribution is 2.57. The third-order valence-electron chi connectivity index (χ3n) is 14.1. The van der Waals surface area contributed by atoms with E-state index in [0.717, 1.165) is 39.4 Å². The lowest BCUT2D eigenvalue weighted by molar-refractivity contribution is 0.631. The third-order valence-corrected chi connectivity index (χ3v) is 14.1. The van der Waals surface area contributed by atoms with Gasteiger partial charge in [0.05, 0.1) is 11.0 Å². The van der Waals surface area contributed by atoms with Gasteiger partial charge in [0.25, 0.3) is 0 Å². The van der Waals surface area contributed by atoms with E-state index in [9.17, 15) is 0 Å². The first-order chi connectivity index (χ1) is 30.5. The van der Waals surface area contributed by atoms with Crippen LogP contribution < -0.4 is 20.6 Å². The van der Waals surface area contributed by atoms with Gasteiger partial charge in [-0.25, -0.2) is 0 Å². The minimum Gasteiger partial charge on any atom is -0.456 e. The summed E-state index contributed by atoms with van der Waals surface area (Å²) in [5.74, 6) is 0.877. The lowest BCUT2D eigenvalue weighted by atomic mass is 9.42. The van der Waals surface area contributed by atoms with E-state index in [1.807, 2.05) is 0 Å². The van der Waals surface area contributed by atoms with Crippen molar-refractivity contribution in [3.8, 4) is 28.1 Å². The van der Waals surface area contributed by atoms with E-state index in [4.69, 9.17) is 4.42 Å². The Morgan fingerprint density at radius 2 is 1.23 bits per heavy atom. The van der Waals surface area contributed by atoms with Crippen molar-refractivity contribution in [3.05, 3.63) is 205 Å². The van der Waals surface area contributed by atoms with Crippen LogP contribution in [0.1, 0.15) is 25.0 Å². The summed E-state index contributed by atoms with van der Waals surface area (Å²) in [6.07, 6.45) is 0. The number of para-hydroxylation sites is 4. The zero-order chi connectivity index (χ0) is 40.8. The molecule has 0 bridgehead atoms. The van der Waals surface area contributed by atoms with E-state index < -0.39 is 0 Å². The fourth-order valence-electron chi connectivity index (χ4n) is 11.5. The van der Waals surface area contributed by atoms with Gasteiger partial charge in [-0.05, 0) is 105 Å². The number of fused-ring (bicyclic) bond motifs is 14. The second kappa shape index (κ2) is 12.2. The summed E-state index contributed by atoms with van der Waals surface area (Å²) in [6, 6.07) is 71.3. The van der Waals surface area contributed by atoms with Crippen molar-refractivity contribution < 1.29 is 4.42 Å². The lowest BCUT2D eigenvalue weighted by Crippen LogP contribution is -2.62. The number of nitrogens with zero attached hydrogens (tertiary/aromatic N) is 3. The van der Waals surface area contributed by atoms with Crippen molar-refractivity contribution in [2.75, 3.05) is 9.71 Å². The fourth-order valence-corrected chi connectivity index (χ4v) is 11.5. The zero-order valence-electron chi connectivity index (χ0n) is 34.3. The minimum atomic E-state index is -0.197. The molecule has 0 saturated heterocycles. The summed E-state index contributed by atoms with van der Waals surface area (Å²) in [7, 11) is 0. The maximum Gasteiger partial charge on any atom is 0.333 e. The largest absolute Gasteiger partial charge is 0.456 e. The van der Waals surface area contributed by atoms with Crippen LogP contribution >= 0.6 is 0 Å². The average molecular weight is 792 g/mol. The maximum absolute atomic E-state index is 6.83. The Labute approximate surface area is 359 Å². The van der Waals surface area contributed by atoms with Crippen LogP contribution in [0.15, 0.2) is 199 Å². The van der Waals surface area contributed by atoms with Gasteiger partial charge in [0.1, 0.15) is 11.3 Å². The van der Waals surface area contributed by atoms with E-state index in [2.05, 4.69) is 222 Å². The molecule has 0 unspecified atom stereocenters. The molecule has 5 heteroatoms. The molecule has 290 valence electrons. The lowest BCUT2D eigenvalue weighted by Gasteiger charge is -2.49. The van der Waals surface area contributed by atoms with Gasteiger partial charge in [0.15, 0.2) is 0 Å². The minimum absolute atomic E-state index is 0.117. The molecule has 3 aliphatic heterocycles. The normalized spacial score (nSPS) is 14.0. The fraction of sp³-hybridized carbons (Fsp3) is 0.0526. The number of rotatable bonds is 4. The van der Waals surface area contributed by atoms with Crippen LogP contribution in [0, 0.1) is 0 Å². The van der Waals surface area contributed by atoms with Gasteiger partial charge < -0.3 is 18.7 Å². The van der Waals surface area contributed by atoms with Crippen molar-refractivity contribution in [1.82, 2.24) is 4.57 Å². The van der Waals surface area contributed by atoms with E-state index in [1.165, 1.54) is 82.8 Å². The van der Waals surface area contributed by atoms with Crippen molar-refractivity contribution in [2.45, 2.75) is 19.3 Å². The zero-order valence-corrected chi connectivity index (χ0v) is 34.3.